The SMILES string of the molecule is COc1ccc2c(c1)C1(c3ccccc3-2)c2ccccc2-c2c(-c3ccccc3O)cccc21. The number of methoxy groups -OCH3 is 1. The zero-order valence-electron chi connectivity index (χ0n) is 18.7. The smallest absolute Gasteiger partial charge is 0.123 e. The molecule has 1 unspecified atom stereocenters. The average molecular weight is 439 g/mol. The van der Waals surface area contributed by atoms with Gasteiger partial charge in [0.1, 0.15) is 11.5 Å². The van der Waals surface area contributed by atoms with Crippen molar-refractivity contribution in [2.24, 2.45) is 0 Å². The van der Waals surface area contributed by atoms with Gasteiger partial charge in [0.25, 0.3) is 0 Å². The summed E-state index contributed by atoms with van der Waals surface area (Å²) in [5.74, 6) is 1.15. The fraction of sp³-hybridized carbons (Fsp3) is 0.0625. The van der Waals surface area contributed by atoms with Gasteiger partial charge in [0.15, 0.2) is 0 Å². The Bertz CT molecular complexity index is 1610. The van der Waals surface area contributed by atoms with E-state index < -0.39 is 5.41 Å². The maximum Gasteiger partial charge on any atom is 0.123 e. The number of rotatable bonds is 2. The van der Waals surface area contributed by atoms with Gasteiger partial charge in [0, 0.05) is 5.56 Å². The Hall–Kier alpha value is -4.30. The van der Waals surface area contributed by atoms with Gasteiger partial charge < -0.3 is 9.84 Å². The normalized spacial score (nSPS) is 16.6. The second kappa shape index (κ2) is 6.85. The zero-order valence-corrected chi connectivity index (χ0v) is 18.7. The number of benzene rings is 5. The maximum absolute atomic E-state index is 10.8. The monoisotopic (exact) mass is 438 g/mol. The van der Waals surface area contributed by atoms with Crippen molar-refractivity contribution in [2.45, 2.75) is 5.41 Å². The fourth-order valence-corrected chi connectivity index (χ4v) is 6.22. The maximum atomic E-state index is 10.8. The first kappa shape index (κ1) is 19.2. The quantitative estimate of drug-likeness (QED) is 0.304. The van der Waals surface area contributed by atoms with Gasteiger partial charge in [-0.25, -0.2) is 0 Å². The molecule has 34 heavy (non-hydrogen) atoms. The zero-order chi connectivity index (χ0) is 22.9. The highest BCUT2D eigenvalue weighted by atomic mass is 16.5. The fourth-order valence-electron chi connectivity index (χ4n) is 6.22. The molecule has 0 fully saturated rings. The summed E-state index contributed by atoms with van der Waals surface area (Å²) in [6.07, 6.45) is 0. The molecule has 0 radical (unpaired) electrons. The third kappa shape index (κ3) is 2.25. The van der Waals surface area contributed by atoms with Crippen LogP contribution in [0.1, 0.15) is 22.3 Å². The van der Waals surface area contributed by atoms with E-state index in [4.69, 9.17) is 4.74 Å². The minimum Gasteiger partial charge on any atom is -0.507 e. The van der Waals surface area contributed by atoms with Crippen LogP contribution in [0.2, 0.25) is 0 Å². The second-order valence-corrected chi connectivity index (χ2v) is 9.00. The Balaban J connectivity index is 1.67. The van der Waals surface area contributed by atoms with Crippen molar-refractivity contribution >= 4 is 0 Å². The molecule has 162 valence electrons. The molecule has 2 nitrogen and oxygen atoms in total. The molecule has 1 N–H and O–H groups in total. The van der Waals surface area contributed by atoms with Crippen molar-refractivity contribution in [3.8, 4) is 44.9 Å². The molecular weight excluding hydrogens is 416 g/mol. The number of phenols is 1. The number of hydrogen-bond acceptors (Lipinski definition) is 2. The van der Waals surface area contributed by atoms with Crippen molar-refractivity contribution in [1.29, 1.82) is 0 Å². The summed E-state index contributed by atoms with van der Waals surface area (Å²) in [6, 6.07) is 38.0. The van der Waals surface area contributed by atoms with Crippen LogP contribution in [0.25, 0.3) is 33.4 Å². The highest BCUT2D eigenvalue weighted by molar-refractivity contribution is 6.00. The first-order valence-corrected chi connectivity index (χ1v) is 11.6. The van der Waals surface area contributed by atoms with Gasteiger partial charge >= 0.3 is 0 Å². The van der Waals surface area contributed by atoms with Crippen molar-refractivity contribution < 1.29 is 9.84 Å². The summed E-state index contributed by atoms with van der Waals surface area (Å²) in [7, 11) is 1.73. The van der Waals surface area contributed by atoms with E-state index in [1.54, 1.807) is 13.2 Å². The van der Waals surface area contributed by atoms with E-state index in [1.165, 1.54) is 44.5 Å². The van der Waals surface area contributed by atoms with Crippen LogP contribution in [-0.4, -0.2) is 12.2 Å². The lowest BCUT2D eigenvalue weighted by molar-refractivity contribution is 0.414. The number of hydrogen-bond donors (Lipinski definition) is 1. The van der Waals surface area contributed by atoms with E-state index in [2.05, 4.69) is 84.9 Å². The van der Waals surface area contributed by atoms with Crippen molar-refractivity contribution in [2.75, 3.05) is 7.11 Å². The van der Waals surface area contributed by atoms with Gasteiger partial charge in [-0.05, 0) is 68.3 Å². The van der Waals surface area contributed by atoms with Gasteiger partial charge in [-0.2, -0.15) is 0 Å². The Labute approximate surface area is 198 Å². The summed E-state index contributed by atoms with van der Waals surface area (Å²) in [5, 5.41) is 10.8. The molecule has 1 atom stereocenters. The van der Waals surface area contributed by atoms with Gasteiger partial charge in [0.05, 0.1) is 12.5 Å². The Morgan fingerprint density at radius 1 is 0.529 bits per heavy atom. The predicted molar refractivity (Wildman–Crippen MR) is 136 cm³/mol. The lowest BCUT2D eigenvalue weighted by Gasteiger charge is -2.30. The van der Waals surface area contributed by atoms with Crippen LogP contribution in [0.3, 0.4) is 0 Å². The third-order valence-electron chi connectivity index (χ3n) is 7.52. The standard InChI is InChI=1S/C32H22O2/c1-34-20-17-18-22-21-9-2-5-13-26(21)32(29(22)19-20)27-14-6-3-11-25(27)31-24(12-8-15-28(31)32)23-10-4-7-16-30(23)33/h2-19,33H,1H3. The summed E-state index contributed by atoms with van der Waals surface area (Å²) in [6.45, 7) is 0. The van der Waals surface area contributed by atoms with E-state index in [9.17, 15) is 5.11 Å². The summed E-state index contributed by atoms with van der Waals surface area (Å²) < 4.78 is 5.69. The number of ether oxygens (including phenoxy) is 1. The van der Waals surface area contributed by atoms with Crippen LogP contribution >= 0.6 is 0 Å². The summed E-state index contributed by atoms with van der Waals surface area (Å²) in [4.78, 5) is 0. The van der Waals surface area contributed by atoms with Gasteiger partial charge in [-0.3, -0.25) is 0 Å². The van der Waals surface area contributed by atoms with E-state index in [-0.39, 0.29) is 0 Å². The molecule has 0 aliphatic heterocycles. The highest BCUT2D eigenvalue weighted by Gasteiger charge is 2.52. The third-order valence-corrected chi connectivity index (χ3v) is 7.52. The lowest BCUT2D eigenvalue weighted by atomic mass is 9.70. The van der Waals surface area contributed by atoms with Crippen LogP contribution in [-0.2, 0) is 5.41 Å². The number of phenolic OH excluding ortho intramolecular Hbond substituents is 1. The second-order valence-electron chi connectivity index (χ2n) is 9.00. The van der Waals surface area contributed by atoms with Crippen LogP contribution in [0.15, 0.2) is 109 Å². The molecule has 2 aliphatic rings. The van der Waals surface area contributed by atoms with Gasteiger partial charge in [-0.15, -0.1) is 0 Å². The van der Waals surface area contributed by atoms with Crippen LogP contribution in [0.5, 0.6) is 11.5 Å². The minimum absolute atomic E-state index is 0.295. The molecular formula is C32H22O2. The Kier molecular flexibility index (Phi) is 3.87. The van der Waals surface area contributed by atoms with Crippen molar-refractivity contribution in [3.05, 3.63) is 131 Å². The Morgan fingerprint density at radius 3 is 1.88 bits per heavy atom. The largest absolute Gasteiger partial charge is 0.507 e. The molecule has 1 spiro atoms. The van der Waals surface area contributed by atoms with Crippen molar-refractivity contribution in [3.63, 3.8) is 0 Å². The highest BCUT2D eigenvalue weighted by Crippen LogP contribution is 2.64. The Morgan fingerprint density at radius 2 is 1.12 bits per heavy atom. The molecule has 0 amide bonds. The molecule has 5 aromatic rings. The van der Waals surface area contributed by atoms with Crippen LogP contribution in [0.4, 0.5) is 0 Å². The molecule has 5 aromatic carbocycles. The number of para-hydroxylation sites is 1. The molecule has 0 aromatic heterocycles. The van der Waals surface area contributed by atoms with Gasteiger partial charge in [-0.1, -0.05) is 91.0 Å². The molecule has 0 saturated heterocycles. The minimum atomic E-state index is -0.438. The average Bonchev–Trinajstić information content (AvgIpc) is 3.36. The number of aromatic hydroxyl groups is 1. The van der Waals surface area contributed by atoms with E-state index in [1.807, 2.05) is 18.2 Å². The van der Waals surface area contributed by atoms with E-state index in [0.29, 0.717) is 5.75 Å². The topological polar surface area (TPSA) is 29.5 Å². The molecule has 0 heterocycles. The first-order chi connectivity index (χ1) is 16.7. The summed E-state index contributed by atoms with van der Waals surface area (Å²) in [5.41, 5.74) is 11.4. The van der Waals surface area contributed by atoms with Gasteiger partial charge in [0.2, 0.25) is 0 Å². The lowest BCUT2D eigenvalue weighted by Crippen LogP contribution is -2.25. The molecule has 0 saturated carbocycles. The molecule has 7 rings (SSSR count). The van der Waals surface area contributed by atoms with E-state index in [0.717, 1.165) is 16.9 Å². The van der Waals surface area contributed by atoms with Crippen LogP contribution in [0, 0.1) is 0 Å². The summed E-state index contributed by atoms with van der Waals surface area (Å²) >= 11 is 0. The molecule has 0 bridgehead atoms. The molecule has 2 aliphatic carbocycles. The van der Waals surface area contributed by atoms with Crippen molar-refractivity contribution in [1.82, 2.24) is 0 Å². The number of fused-ring (bicyclic) bond motifs is 10. The first-order valence-electron chi connectivity index (χ1n) is 11.6. The molecule has 2 heteroatoms. The van der Waals surface area contributed by atoms with E-state index >= 15 is 0 Å². The predicted octanol–water partition coefficient (Wildman–Crippen LogP) is 7.41. The van der Waals surface area contributed by atoms with Crippen LogP contribution < -0.4 is 4.74 Å².